The molecule has 0 amide bonds. The van der Waals surface area contributed by atoms with Crippen LogP contribution in [-0.2, 0) is 4.74 Å². The Labute approximate surface area is 56.9 Å². The monoisotopic (exact) mass is 210 g/mol. The van der Waals surface area contributed by atoms with Gasteiger partial charge in [0.2, 0.25) is 0 Å². The summed E-state index contributed by atoms with van der Waals surface area (Å²) in [5.41, 5.74) is 0. The first-order chi connectivity index (χ1) is 3.39. The molecule has 1 heterocycles. The highest BCUT2D eigenvalue weighted by Crippen LogP contribution is 2.14. The zero-order valence-corrected chi connectivity index (χ0v) is 6.14. The smallest absolute Gasteiger partial charge is 0.152 e. The van der Waals surface area contributed by atoms with Crippen LogP contribution in [0.3, 0.4) is 0 Å². The largest absolute Gasteiger partial charge is 0.488 e. The molecule has 40 valence electrons. The van der Waals surface area contributed by atoms with Gasteiger partial charge >= 0.3 is 0 Å². The van der Waals surface area contributed by atoms with E-state index in [4.69, 9.17) is 4.74 Å². The topological polar surface area (TPSA) is 9.23 Å². The second-order valence-corrected chi connectivity index (χ2v) is 2.56. The van der Waals surface area contributed by atoms with Crippen LogP contribution in [0.15, 0.2) is 9.84 Å². The fourth-order valence-corrected chi connectivity index (χ4v) is 1.06. The molecule has 0 aliphatic carbocycles. The van der Waals surface area contributed by atoms with Crippen molar-refractivity contribution in [1.82, 2.24) is 0 Å². The Morgan fingerprint density at radius 1 is 1.71 bits per heavy atom. The standard InChI is InChI=1S/C5H7IO/c6-5-3-1-2-4-7-5/h3H,1-2,4H2. The fraction of sp³-hybridized carbons (Fsp3) is 0.600. The van der Waals surface area contributed by atoms with Gasteiger partial charge in [-0.05, 0) is 41.5 Å². The van der Waals surface area contributed by atoms with E-state index in [9.17, 15) is 0 Å². The average molecular weight is 210 g/mol. The molecule has 0 unspecified atom stereocenters. The Hall–Kier alpha value is 0.270. The van der Waals surface area contributed by atoms with Crippen molar-refractivity contribution >= 4 is 22.6 Å². The number of hydrogen-bond acceptors (Lipinski definition) is 1. The van der Waals surface area contributed by atoms with E-state index in [1.807, 2.05) is 0 Å². The SMILES string of the molecule is IC1=CCCCO1. The molecule has 0 aromatic heterocycles. The highest BCUT2D eigenvalue weighted by molar-refractivity contribution is 14.1. The lowest BCUT2D eigenvalue weighted by Crippen LogP contribution is -1.94. The minimum Gasteiger partial charge on any atom is -0.488 e. The minimum atomic E-state index is 0.911. The van der Waals surface area contributed by atoms with Crippen molar-refractivity contribution in [2.24, 2.45) is 0 Å². The molecule has 0 N–H and O–H groups in total. The third-order valence-electron chi connectivity index (χ3n) is 0.893. The van der Waals surface area contributed by atoms with Crippen molar-refractivity contribution in [3.8, 4) is 0 Å². The Morgan fingerprint density at radius 3 is 2.86 bits per heavy atom. The van der Waals surface area contributed by atoms with Crippen LogP contribution in [0, 0.1) is 0 Å². The van der Waals surface area contributed by atoms with E-state index in [2.05, 4.69) is 28.7 Å². The maximum atomic E-state index is 5.13. The zero-order chi connectivity index (χ0) is 5.11. The Bertz CT molecular complexity index is 88.1. The molecular formula is C5H7IO. The molecule has 0 saturated carbocycles. The molecule has 0 bridgehead atoms. The van der Waals surface area contributed by atoms with Gasteiger partial charge in [-0.3, -0.25) is 0 Å². The van der Waals surface area contributed by atoms with E-state index in [-0.39, 0.29) is 0 Å². The summed E-state index contributed by atoms with van der Waals surface area (Å²) in [4.78, 5) is 0. The highest BCUT2D eigenvalue weighted by atomic mass is 127. The molecule has 1 aliphatic rings. The molecule has 0 aromatic rings. The van der Waals surface area contributed by atoms with Crippen LogP contribution < -0.4 is 0 Å². The number of allylic oxidation sites excluding steroid dienone is 1. The normalized spacial score (nSPS) is 20.4. The van der Waals surface area contributed by atoms with E-state index in [1.54, 1.807) is 0 Å². The second kappa shape index (κ2) is 2.55. The van der Waals surface area contributed by atoms with Gasteiger partial charge < -0.3 is 4.74 Å². The summed E-state index contributed by atoms with van der Waals surface area (Å²) in [7, 11) is 0. The van der Waals surface area contributed by atoms with Crippen LogP contribution in [0.4, 0.5) is 0 Å². The minimum absolute atomic E-state index is 0.911. The quantitative estimate of drug-likeness (QED) is 0.556. The van der Waals surface area contributed by atoms with E-state index in [1.165, 1.54) is 12.8 Å². The summed E-state index contributed by atoms with van der Waals surface area (Å²) in [5, 5.41) is 0. The number of rotatable bonds is 0. The van der Waals surface area contributed by atoms with Gasteiger partial charge in [-0.1, -0.05) is 0 Å². The molecule has 2 heteroatoms. The first-order valence-electron chi connectivity index (χ1n) is 2.38. The predicted molar refractivity (Wildman–Crippen MR) is 37.3 cm³/mol. The molecule has 1 rings (SSSR count). The van der Waals surface area contributed by atoms with Gasteiger partial charge in [-0.2, -0.15) is 0 Å². The molecule has 0 saturated heterocycles. The summed E-state index contributed by atoms with van der Waals surface area (Å²) in [6, 6.07) is 0. The van der Waals surface area contributed by atoms with Crippen molar-refractivity contribution in [1.29, 1.82) is 0 Å². The van der Waals surface area contributed by atoms with Gasteiger partial charge in [-0.15, -0.1) is 0 Å². The zero-order valence-electron chi connectivity index (χ0n) is 3.98. The average Bonchev–Trinajstić information content (AvgIpc) is 1.69. The van der Waals surface area contributed by atoms with E-state index in [0.29, 0.717) is 0 Å². The molecule has 0 spiro atoms. The first kappa shape index (κ1) is 5.41. The van der Waals surface area contributed by atoms with Gasteiger partial charge in [0, 0.05) is 0 Å². The maximum Gasteiger partial charge on any atom is 0.152 e. The van der Waals surface area contributed by atoms with Crippen molar-refractivity contribution in [2.45, 2.75) is 12.8 Å². The lowest BCUT2D eigenvalue weighted by atomic mass is 10.3. The predicted octanol–water partition coefficient (Wildman–Crippen LogP) is 2.07. The summed E-state index contributed by atoms with van der Waals surface area (Å²) < 4.78 is 6.18. The summed E-state index contributed by atoms with van der Waals surface area (Å²) in [6.45, 7) is 0.911. The maximum absolute atomic E-state index is 5.13. The van der Waals surface area contributed by atoms with Crippen LogP contribution in [-0.4, -0.2) is 6.61 Å². The second-order valence-electron chi connectivity index (χ2n) is 1.50. The van der Waals surface area contributed by atoms with E-state index < -0.39 is 0 Å². The Morgan fingerprint density at radius 2 is 2.57 bits per heavy atom. The summed E-state index contributed by atoms with van der Waals surface area (Å²) in [6.07, 6.45) is 4.49. The van der Waals surface area contributed by atoms with Gasteiger partial charge in [0.1, 0.15) is 0 Å². The van der Waals surface area contributed by atoms with Crippen LogP contribution in [0.2, 0.25) is 0 Å². The van der Waals surface area contributed by atoms with E-state index >= 15 is 0 Å². The lowest BCUT2D eigenvalue weighted by molar-refractivity contribution is 0.226. The van der Waals surface area contributed by atoms with Crippen molar-refractivity contribution in [2.75, 3.05) is 6.61 Å². The lowest BCUT2D eigenvalue weighted by Gasteiger charge is -2.07. The van der Waals surface area contributed by atoms with Crippen LogP contribution in [0.5, 0.6) is 0 Å². The summed E-state index contributed by atoms with van der Waals surface area (Å²) in [5.74, 6) is 0. The first-order valence-corrected chi connectivity index (χ1v) is 3.46. The Kier molecular flexibility index (Phi) is 1.97. The van der Waals surface area contributed by atoms with Crippen molar-refractivity contribution < 1.29 is 4.74 Å². The molecule has 0 aromatic carbocycles. The Balaban J connectivity index is 2.40. The number of ether oxygens (including phenoxy) is 1. The molecule has 1 aliphatic heterocycles. The highest BCUT2D eigenvalue weighted by Gasteiger charge is 1.96. The summed E-state index contributed by atoms with van der Waals surface area (Å²) >= 11 is 2.20. The third kappa shape index (κ3) is 1.67. The molecule has 0 radical (unpaired) electrons. The number of hydrogen-bond donors (Lipinski definition) is 0. The van der Waals surface area contributed by atoms with Gasteiger partial charge in [-0.25, -0.2) is 0 Å². The van der Waals surface area contributed by atoms with Gasteiger partial charge in [0.15, 0.2) is 3.77 Å². The molecular weight excluding hydrogens is 203 g/mol. The van der Waals surface area contributed by atoms with Crippen LogP contribution in [0.1, 0.15) is 12.8 Å². The third-order valence-corrected chi connectivity index (χ3v) is 1.65. The number of halogens is 1. The van der Waals surface area contributed by atoms with Crippen molar-refractivity contribution in [3.05, 3.63) is 9.84 Å². The van der Waals surface area contributed by atoms with Gasteiger partial charge in [0.25, 0.3) is 0 Å². The van der Waals surface area contributed by atoms with E-state index in [0.717, 1.165) is 10.4 Å². The molecule has 0 atom stereocenters. The van der Waals surface area contributed by atoms with Crippen molar-refractivity contribution in [3.63, 3.8) is 0 Å². The van der Waals surface area contributed by atoms with Crippen LogP contribution >= 0.6 is 22.6 Å². The molecule has 0 fully saturated rings. The molecule has 7 heavy (non-hydrogen) atoms. The van der Waals surface area contributed by atoms with Gasteiger partial charge in [0.05, 0.1) is 6.61 Å². The fourth-order valence-electron chi connectivity index (χ4n) is 0.527. The van der Waals surface area contributed by atoms with Crippen LogP contribution in [0.25, 0.3) is 0 Å². The molecule has 1 nitrogen and oxygen atoms in total.